The second-order valence-electron chi connectivity index (χ2n) is 4.50. The van der Waals surface area contributed by atoms with E-state index in [0.717, 1.165) is 4.47 Å². The van der Waals surface area contributed by atoms with Crippen LogP contribution < -0.4 is 5.32 Å². The average molecular weight is 387 g/mol. The van der Waals surface area contributed by atoms with Gasteiger partial charge >= 0.3 is 5.97 Å². The first-order valence-electron chi connectivity index (χ1n) is 6.23. The maximum absolute atomic E-state index is 12.4. The van der Waals surface area contributed by atoms with Gasteiger partial charge in [-0.3, -0.25) is 9.48 Å². The Morgan fingerprint density at radius 1 is 1.41 bits per heavy atom. The van der Waals surface area contributed by atoms with E-state index in [0.29, 0.717) is 16.4 Å². The van der Waals surface area contributed by atoms with Crippen molar-refractivity contribution in [3.8, 4) is 0 Å². The van der Waals surface area contributed by atoms with E-state index in [4.69, 9.17) is 11.6 Å². The van der Waals surface area contributed by atoms with Crippen LogP contribution in [0, 0.1) is 6.92 Å². The quantitative estimate of drug-likeness (QED) is 0.822. The van der Waals surface area contributed by atoms with Crippen molar-refractivity contribution >= 4 is 45.1 Å². The molecule has 1 aromatic carbocycles. The van der Waals surface area contributed by atoms with Crippen molar-refractivity contribution in [1.82, 2.24) is 9.78 Å². The second kappa shape index (κ2) is 6.50. The first-order chi connectivity index (χ1) is 10.3. The van der Waals surface area contributed by atoms with Gasteiger partial charge in [0.15, 0.2) is 5.69 Å². The zero-order valence-corrected chi connectivity index (χ0v) is 14.4. The first-order valence-corrected chi connectivity index (χ1v) is 7.40. The lowest BCUT2D eigenvalue weighted by atomic mass is 10.2. The van der Waals surface area contributed by atoms with E-state index in [1.165, 1.54) is 11.8 Å². The number of aryl methyl sites for hydroxylation is 1. The maximum atomic E-state index is 12.4. The number of hydrogen-bond acceptors (Lipinski definition) is 4. The minimum atomic E-state index is -0.626. The zero-order valence-electron chi connectivity index (χ0n) is 12.1. The third-order valence-corrected chi connectivity index (χ3v) is 3.95. The molecule has 1 N–H and O–H groups in total. The number of carbonyl (C=O) groups excluding carboxylic acids is 2. The van der Waals surface area contributed by atoms with Gasteiger partial charge in [0.05, 0.1) is 29.1 Å². The number of amides is 1. The number of nitrogens with zero attached hydrogens (tertiary/aromatic N) is 2. The Morgan fingerprint density at radius 3 is 2.73 bits per heavy atom. The lowest BCUT2D eigenvalue weighted by Crippen LogP contribution is -2.16. The van der Waals surface area contributed by atoms with Gasteiger partial charge in [0.25, 0.3) is 5.91 Å². The lowest BCUT2D eigenvalue weighted by Gasteiger charge is -2.08. The largest absolute Gasteiger partial charge is 0.464 e. The Kier molecular flexibility index (Phi) is 4.87. The number of anilines is 1. The van der Waals surface area contributed by atoms with Crippen LogP contribution in [0.3, 0.4) is 0 Å². The van der Waals surface area contributed by atoms with Gasteiger partial charge in [0.2, 0.25) is 0 Å². The van der Waals surface area contributed by atoms with Gasteiger partial charge in [0.1, 0.15) is 0 Å². The summed E-state index contributed by atoms with van der Waals surface area (Å²) < 4.78 is 6.89. The highest BCUT2D eigenvalue weighted by atomic mass is 79.9. The maximum Gasteiger partial charge on any atom is 0.360 e. The SMILES string of the molecule is COC(=O)c1nn(C)c(C)c1NC(=O)c1cc(Br)ccc1Cl. The highest BCUT2D eigenvalue weighted by Gasteiger charge is 2.23. The van der Waals surface area contributed by atoms with Crippen LogP contribution >= 0.6 is 27.5 Å². The molecule has 0 atom stereocenters. The molecule has 1 aromatic heterocycles. The summed E-state index contributed by atoms with van der Waals surface area (Å²) in [5, 5.41) is 7.03. The zero-order chi connectivity index (χ0) is 16.4. The van der Waals surface area contributed by atoms with Gasteiger partial charge in [-0.1, -0.05) is 27.5 Å². The number of aromatic nitrogens is 2. The van der Waals surface area contributed by atoms with E-state index < -0.39 is 11.9 Å². The minimum Gasteiger partial charge on any atom is -0.464 e. The number of esters is 1. The Labute approximate surface area is 140 Å². The fraction of sp³-hybridized carbons (Fsp3) is 0.214. The van der Waals surface area contributed by atoms with Crippen LogP contribution in [0.1, 0.15) is 26.5 Å². The number of nitrogens with one attached hydrogen (secondary N) is 1. The molecule has 8 heteroatoms. The Balaban J connectivity index is 2.40. The van der Waals surface area contributed by atoms with E-state index >= 15 is 0 Å². The molecule has 6 nitrogen and oxygen atoms in total. The van der Waals surface area contributed by atoms with Crippen molar-refractivity contribution in [2.45, 2.75) is 6.92 Å². The van der Waals surface area contributed by atoms with Gasteiger partial charge in [-0.25, -0.2) is 4.79 Å². The molecule has 0 fully saturated rings. The molecule has 0 radical (unpaired) electrons. The van der Waals surface area contributed by atoms with E-state index in [9.17, 15) is 9.59 Å². The van der Waals surface area contributed by atoms with Crippen molar-refractivity contribution < 1.29 is 14.3 Å². The van der Waals surface area contributed by atoms with Crippen LogP contribution in [0.25, 0.3) is 0 Å². The molecular formula is C14H13BrClN3O3. The van der Waals surface area contributed by atoms with Crippen LogP contribution in [-0.4, -0.2) is 28.8 Å². The van der Waals surface area contributed by atoms with E-state index in [1.807, 2.05) is 0 Å². The van der Waals surface area contributed by atoms with Gasteiger partial charge in [0, 0.05) is 11.5 Å². The van der Waals surface area contributed by atoms with Gasteiger partial charge in [-0.05, 0) is 25.1 Å². The Morgan fingerprint density at radius 2 is 2.09 bits per heavy atom. The van der Waals surface area contributed by atoms with Crippen molar-refractivity contribution in [1.29, 1.82) is 0 Å². The summed E-state index contributed by atoms with van der Waals surface area (Å²) in [6.45, 7) is 1.73. The number of halogens is 2. The number of rotatable bonds is 3. The summed E-state index contributed by atoms with van der Waals surface area (Å²) in [5.41, 5.74) is 1.26. The second-order valence-corrected chi connectivity index (χ2v) is 5.83. The fourth-order valence-corrected chi connectivity index (χ4v) is 2.41. The normalized spacial score (nSPS) is 10.4. The topological polar surface area (TPSA) is 73.2 Å². The highest BCUT2D eigenvalue weighted by Crippen LogP contribution is 2.25. The van der Waals surface area contributed by atoms with E-state index in [2.05, 4.69) is 31.1 Å². The molecular weight excluding hydrogens is 374 g/mol. The van der Waals surface area contributed by atoms with Gasteiger partial charge in [-0.2, -0.15) is 5.10 Å². The molecule has 0 aliphatic rings. The predicted molar refractivity (Wildman–Crippen MR) is 86.4 cm³/mol. The van der Waals surface area contributed by atoms with Crippen molar-refractivity contribution in [3.63, 3.8) is 0 Å². The molecule has 1 amide bonds. The van der Waals surface area contributed by atoms with Crippen LogP contribution in [0.15, 0.2) is 22.7 Å². The lowest BCUT2D eigenvalue weighted by molar-refractivity contribution is 0.0594. The van der Waals surface area contributed by atoms with E-state index in [-0.39, 0.29) is 11.3 Å². The Hall–Kier alpha value is -1.86. The van der Waals surface area contributed by atoms with Crippen LogP contribution in [0.4, 0.5) is 5.69 Å². The highest BCUT2D eigenvalue weighted by molar-refractivity contribution is 9.10. The third kappa shape index (κ3) is 3.15. The Bertz CT molecular complexity index is 758. The van der Waals surface area contributed by atoms with Crippen LogP contribution in [-0.2, 0) is 11.8 Å². The smallest absolute Gasteiger partial charge is 0.360 e. The monoisotopic (exact) mass is 385 g/mol. The van der Waals surface area contributed by atoms with Crippen LogP contribution in [0.2, 0.25) is 5.02 Å². The molecule has 0 unspecified atom stereocenters. The number of hydrogen-bond donors (Lipinski definition) is 1. The third-order valence-electron chi connectivity index (χ3n) is 3.12. The molecule has 0 spiro atoms. The average Bonchev–Trinajstić information content (AvgIpc) is 2.77. The molecule has 2 rings (SSSR count). The van der Waals surface area contributed by atoms with E-state index in [1.54, 1.807) is 32.2 Å². The van der Waals surface area contributed by atoms with Crippen molar-refractivity contribution in [2.75, 3.05) is 12.4 Å². The summed E-state index contributed by atoms with van der Waals surface area (Å²) in [6, 6.07) is 4.94. The van der Waals surface area contributed by atoms with Gasteiger partial charge < -0.3 is 10.1 Å². The molecule has 0 saturated carbocycles. The summed E-state index contributed by atoms with van der Waals surface area (Å²) in [7, 11) is 2.92. The summed E-state index contributed by atoms with van der Waals surface area (Å²) in [5.74, 6) is -1.06. The minimum absolute atomic E-state index is 0.0435. The van der Waals surface area contributed by atoms with Gasteiger partial charge in [-0.15, -0.1) is 0 Å². The molecule has 1 heterocycles. The molecule has 0 bridgehead atoms. The molecule has 2 aromatic rings. The van der Waals surface area contributed by atoms with Crippen molar-refractivity contribution in [3.05, 3.63) is 44.6 Å². The molecule has 116 valence electrons. The predicted octanol–water partition coefficient (Wildman–Crippen LogP) is 3.18. The van der Waals surface area contributed by atoms with Crippen molar-refractivity contribution in [2.24, 2.45) is 7.05 Å². The number of methoxy groups -OCH3 is 1. The summed E-state index contributed by atoms with van der Waals surface area (Å²) >= 11 is 9.33. The van der Waals surface area contributed by atoms with Crippen LogP contribution in [0.5, 0.6) is 0 Å². The first kappa shape index (κ1) is 16.5. The molecule has 0 aliphatic carbocycles. The molecule has 0 aliphatic heterocycles. The standard InChI is InChI=1S/C14H13BrClN3O3/c1-7-11(12(14(21)22-3)18-19(7)2)17-13(20)9-6-8(15)4-5-10(9)16/h4-6H,1-3H3,(H,17,20). The number of carbonyl (C=O) groups is 2. The molecule has 22 heavy (non-hydrogen) atoms. The fourth-order valence-electron chi connectivity index (χ4n) is 1.85. The number of benzene rings is 1. The number of ether oxygens (including phenoxy) is 1. The molecule has 0 saturated heterocycles. The summed E-state index contributed by atoms with van der Waals surface area (Å²) in [6.07, 6.45) is 0. The summed E-state index contributed by atoms with van der Waals surface area (Å²) in [4.78, 5) is 24.2.